The molecule has 1 rings (SSSR count). The smallest absolute Gasteiger partial charge is 0.0327 e. The van der Waals surface area contributed by atoms with Gasteiger partial charge in [0.25, 0.3) is 0 Å². The fraction of sp³-hybridized carbons (Fsp3) is 0.750. The molecule has 1 aromatic heterocycles. The minimum Gasteiger partial charge on any atom is -0.312 e. The summed E-state index contributed by atoms with van der Waals surface area (Å²) in [5.41, 5.74) is 0.259. The van der Waals surface area contributed by atoms with Crippen molar-refractivity contribution in [3.63, 3.8) is 0 Å². The van der Waals surface area contributed by atoms with Crippen molar-refractivity contribution >= 4 is 11.3 Å². The number of hydrogen-bond acceptors (Lipinski definition) is 3. The summed E-state index contributed by atoms with van der Waals surface area (Å²) in [5, 5.41) is 5.72. The van der Waals surface area contributed by atoms with Crippen LogP contribution in [0.5, 0.6) is 0 Å². The molecule has 2 nitrogen and oxygen atoms in total. The van der Waals surface area contributed by atoms with Crippen LogP contribution < -0.4 is 5.32 Å². The molecular formula is C16H30N2S. The minimum atomic E-state index is 0.259. The van der Waals surface area contributed by atoms with Crippen LogP contribution in [-0.4, -0.2) is 30.1 Å². The number of nitrogens with one attached hydrogen (secondary N) is 1. The highest BCUT2D eigenvalue weighted by Gasteiger charge is 2.07. The van der Waals surface area contributed by atoms with Gasteiger partial charge in [0.05, 0.1) is 0 Å². The Hall–Kier alpha value is -0.380. The van der Waals surface area contributed by atoms with Gasteiger partial charge in [0.1, 0.15) is 0 Å². The van der Waals surface area contributed by atoms with E-state index in [1.54, 1.807) is 0 Å². The normalized spacial score (nSPS) is 12.3. The first-order valence-electron chi connectivity index (χ1n) is 7.51. The Morgan fingerprint density at radius 2 is 2.00 bits per heavy atom. The van der Waals surface area contributed by atoms with Crippen molar-refractivity contribution in [2.75, 3.05) is 19.6 Å². The predicted molar refractivity (Wildman–Crippen MR) is 86.9 cm³/mol. The maximum atomic E-state index is 3.55. The molecule has 0 spiro atoms. The quantitative estimate of drug-likeness (QED) is 0.685. The fourth-order valence-corrected chi connectivity index (χ4v) is 2.82. The lowest BCUT2D eigenvalue weighted by Crippen LogP contribution is -2.36. The van der Waals surface area contributed by atoms with Crippen molar-refractivity contribution < 1.29 is 0 Å². The molecule has 0 aliphatic heterocycles. The molecular weight excluding hydrogens is 252 g/mol. The summed E-state index contributed by atoms with van der Waals surface area (Å²) in [7, 11) is 0. The molecule has 0 aromatic carbocycles. The van der Waals surface area contributed by atoms with E-state index < -0.39 is 0 Å². The van der Waals surface area contributed by atoms with E-state index in [9.17, 15) is 0 Å². The number of rotatable bonds is 9. The van der Waals surface area contributed by atoms with E-state index in [-0.39, 0.29) is 5.54 Å². The number of thiophene rings is 1. The van der Waals surface area contributed by atoms with Crippen molar-refractivity contribution in [3.05, 3.63) is 22.4 Å². The average molecular weight is 282 g/mol. The van der Waals surface area contributed by atoms with E-state index in [4.69, 9.17) is 0 Å². The van der Waals surface area contributed by atoms with E-state index in [1.807, 2.05) is 11.3 Å². The van der Waals surface area contributed by atoms with E-state index in [1.165, 1.54) is 30.7 Å². The van der Waals surface area contributed by atoms with Gasteiger partial charge in [0.2, 0.25) is 0 Å². The van der Waals surface area contributed by atoms with Crippen molar-refractivity contribution in [3.8, 4) is 0 Å². The Morgan fingerprint density at radius 3 is 2.58 bits per heavy atom. The van der Waals surface area contributed by atoms with Crippen LogP contribution in [0.4, 0.5) is 0 Å². The van der Waals surface area contributed by atoms with E-state index in [2.05, 4.69) is 55.4 Å². The van der Waals surface area contributed by atoms with Crippen LogP contribution in [0, 0.1) is 0 Å². The van der Waals surface area contributed by atoms with Crippen LogP contribution >= 0.6 is 11.3 Å². The highest BCUT2D eigenvalue weighted by Crippen LogP contribution is 2.12. The molecule has 19 heavy (non-hydrogen) atoms. The van der Waals surface area contributed by atoms with Gasteiger partial charge in [0.15, 0.2) is 0 Å². The largest absolute Gasteiger partial charge is 0.312 e. The van der Waals surface area contributed by atoms with Gasteiger partial charge in [-0.15, -0.1) is 11.3 Å². The van der Waals surface area contributed by atoms with Crippen molar-refractivity contribution in [2.45, 2.75) is 59.0 Å². The predicted octanol–water partition coefficient (Wildman–Crippen LogP) is 4.13. The molecule has 0 aliphatic carbocycles. The highest BCUT2D eigenvalue weighted by molar-refractivity contribution is 7.09. The molecule has 0 fully saturated rings. The molecule has 3 heteroatoms. The molecule has 0 saturated heterocycles. The molecule has 110 valence electrons. The first-order chi connectivity index (χ1) is 9.01. The molecule has 1 aromatic rings. The van der Waals surface area contributed by atoms with Gasteiger partial charge < -0.3 is 5.32 Å². The topological polar surface area (TPSA) is 15.3 Å². The molecule has 0 atom stereocenters. The fourth-order valence-electron chi connectivity index (χ4n) is 2.07. The summed E-state index contributed by atoms with van der Waals surface area (Å²) in [6.07, 6.45) is 3.92. The zero-order chi connectivity index (χ0) is 14.1. The molecule has 0 radical (unpaired) electrons. The summed E-state index contributed by atoms with van der Waals surface area (Å²) in [4.78, 5) is 4.03. The second-order valence-corrected chi connectivity index (χ2v) is 7.22. The van der Waals surface area contributed by atoms with E-state index in [0.717, 1.165) is 19.6 Å². The standard InChI is InChI=1S/C16H30N2S/c1-5-18(14-15-10-9-13-19-15)12-8-6-7-11-17-16(2,3)4/h9-10,13,17H,5-8,11-12,14H2,1-4H3. The van der Waals surface area contributed by atoms with Crippen LogP contribution in [0.1, 0.15) is 51.8 Å². The first-order valence-corrected chi connectivity index (χ1v) is 8.39. The summed E-state index contributed by atoms with van der Waals surface area (Å²) in [6.45, 7) is 13.6. The zero-order valence-corrected chi connectivity index (χ0v) is 13.9. The highest BCUT2D eigenvalue weighted by atomic mass is 32.1. The Bertz CT molecular complexity index is 314. The zero-order valence-electron chi connectivity index (χ0n) is 13.0. The lowest BCUT2D eigenvalue weighted by atomic mass is 10.1. The lowest BCUT2D eigenvalue weighted by molar-refractivity contribution is 0.274. The third kappa shape index (κ3) is 8.40. The monoisotopic (exact) mass is 282 g/mol. The van der Waals surface area contributed by atoms with E-state index in [0.29, 0.717) is 0 Å². The van der Waals surface area contributed by atoms with Crippen LogP contribution in [0.2, 0.25) is 0 Å². The Labute approximate surface area is 123 Å². The molecule has 0 bridgehead atoms. The second-order valence-electron chi connectivity index (χ2n) is 6.19. The van der Waals surface area contributed by atoms with Crippen LogP contribution in [-0.2, 0) is 6.54 Å². The summed E-state index contributed by atoms with van der Waals surface area (Å²) in [6, 6.07) is 4.38. The minimum absolute atomic E-state index is 0.259. The Kier molecular flexibility index (Phi) is 7.66. The van der Waals surface area contributed by atoms with Gasteiger partial charge in [0, 0.05) is 17.0 Å². The third-order valence-corrected chi connectivity index (χ3v) is 4.07. The molecule has 1 N–H and O–H groups in total. The van der Waals surface area contributed by atoms with E-state index >= 15 is 0 Å². The molecule has 0 saturated carbocycles. The summed E-state index contributed by atoms with van der Waals surface area (Å²) < 4.78 is 0. The Balaban J connectivity index is 2.06. The lowest BCUT2D eigenvalue weighted by Gasteiger charge is -2.21. The molecule has 0 aliphatic rings. The van der Waals surface area contributed by atoms with Crippen LogP contribution in [0.3, 0.4) is 0 Å². The number of nitrogens with zero attached hydrogens (tertiary/aromatic N) is 1. The first kappa shape index (κ1) is 16.7. The maximum absolute atomic E-state index is 3.55. The average Bonchev–Trinajstić information content (AvgIpc) is 2.83. The van der Waals surface area contributed by atoms with Gasteiger partial charge in [-0.05, 0) is 64.7 Å². The summed E-state index contributed by atoms with van der Waals surface area (Å²) in [5.74, 6) is 0. The second kappa shape index (κ2) is 8.72. The van der Waals surface area contributed by atoms with Gasteiger partial charge in [-0.1, -0.05) is 19.4 Å². The van der Waals surface area contributed by atoms with Gasteiger partial charge in [-0.2, -0.15) is 0 Å². The van der Waals surface area contributed by atoms with Gasteiger partial charge in [-0.25, -0.2) is 0 Å². The van der Waals surface area contributed by atoms with Crippen molar-refractivity contribution in [1.82, 2.24) is 10.2 Å². The summed E-state index contributed by atoms with van der Waals surface area (Å²) >= 11 is 1.87. The Morgan fingerprint density at radius 1 is 1.21 bits per heavy atom. The SMILES string of the molecule is CCN(CCCCCNC(C)(C)C)Cc1cccs1. The number of hydrogen-bond donors (Lipinski definition) is 1. The molecule has 0 unspecified atom stereocenters. The van der Waals surface area contributed by atoms with Crippen LogP contribution in [0.15, 0.2) is 17.5 Å². The van der Waals surface area contributed by atoms with Crippen molar-refractivity contribution in [2.24, 2.45) is 0 Å². The van der Waals surface area contributed by atoms with Crippen LogP contribution in [0.25, 0.3) is 0 Å². The molecule has 1 heterocycles. The van der Waals surface area contributed by atoms with Gasteiger partial charge >= 0.3 is 0 Å². The maximum Gasteiger partial charge on any atom is 0.0327 e. The van der Waals surface area contributed by atoms with Crippen molar-refractivity contribution in [1.29, 1.82) is 0 Å². The third-order valence-electron chi connectivity index (χ3n) is 3.21. The number of unbranched alkanes of at least 4 members (excludes halogenated alkanes) is 2. The van der Waals surface area contributed by atoms with Gasteiger partial charge in [-0.3, -0.25) is 4.90 Å². The molecule has 0 amide bonds.